The van der Waals surface area contributed by atoms with Gasteiger partial charge in [0.05, 0.1) is 18.1 Å². The average molecular weight is 419 g/mol. The number of benzene rings is 1. The molecule has 7 heteroatoms. The van der Waals surface area contributed by atoms with Gasteiger partial charge in [0.25, 0.3) is 5.91 Å². The highest BCUT2D eigenvalue weighted by Gasteiger charge is 2.10. The van der Waals surface area contributed by atoms with Crippen molar-refractivity contribution in [1.29, 1.82) is 0 Å². The number of amides is 1. The highest BCUT2D eigenvalue weighted by Crippen LogP contribution is 2.24. The number of carbonyl (C=O) groups is 1. The van der Waals surface area contributed by atoms with Crippen LogP contribution in [0.5, 0.6) is 0 Å². The number of carbonyl (C=O) groups excluding carboxylic acids is 1. The molecule has 2 rings (SSSR count). The van der Waals surface area contributed by atoms with Gasteiger partial charge < -0.3 is 11.1 Å². The maximum Gasteiger partial charge on any atom is 0.275 e. The molecule has 0 aliphatic heterocycles. The van der Waals surface area contributed by atoms with Crippen LogP contribution in [0.15, 0.2) is 35.1 Å². The van der Waals surface area contributed by atoms with Crippen molar-refractivity contribution in [2.24, 2.45) is 0 Å². The molecule has 0 bridgehead atoms. The van der Waals surface area contributed by atoms with Gasteiger partial charge in [0.1, 0.15) is 11.5 Å². The molecule has 0 aliphatic rings. The van der Waals surface area contributed by atoms with Gasteiger partial charge in [0.2, 0.25) is 0 Å². The largest absolute Gasteiger partial charge is 0.382 e. The lowest BCUT2D eigenvalue weighted by Gasteiger charge is -2.07. The molecule has 2 aromatic rings. The summed E-state index contributed by atoms with van der Waals surface area (Å²) in [5.74, 6) is -0.0489. The van der Waals surface area contributed by atoms with Crippen LogP contribution in [-0.4, -0.2) is 15.9 Å². The molecule has 1 heterocycles. The second kappa shape index (κ2) is 5.61. The van der Waals surface area contributed by atoms with E-state index in [-0.39, 0.29) is 17.4 Å². The number of hydrogen-bond acceptors (Lipinski definition) is 4. The lowest BCUT2D eigenvalue weighted by Crippen LogP contribution is -2.14. The second-order valence-electron chi connectivity index (χ2n) is 3.40. The summed E-state index contributed by atoms with van der Waals surface area (Å²) in [7, 11) is 0. The molecule has 1 aromatic carbocycles. The zero-order chi connectivity index (χ0) is 13.1. The van der Waals surface area contributed by atoms with E-state index in [2.05, 4.69) is 53.8 Å². The number of halogens is 2. The first kappa shape index (κ1) is 13.2. The van der Waals surface area contributed by atoms with Crippen molar-refractivity contribution in [3.05, 3.63) is 44.3 Å². The van der Waals surface area contributed by atoms with E-state index < -0.39 is 0 Å². The Morgan fingerprint density at radius 1 is 1.33 bits per heavy atom. The fourth-order valence-corrected chi connectivity index (χ4v) is 2.07. The Morgan fingerprint density at radius 3 is 2.78 bits per heavy atom. The van der Waals surface area contributed by atoms with Crippen molar-refractivity contribution in [1.82, 2.24) is 9.97 Å². The van der Waals surface area contributed by atoms with E-state index in [9.17, 15) is 4.79 Å². The first-order valence-corrected chi connectivity index (χ1v) is 6.77. The molecule has 0 radical (unpaired) electrons. The maximum absolute atomic E-state index is 11.9. The summed E-state index contributed by atoms with van der Waals surface area (Å²) in [6.07, 6.45) is 2.69. The van der Waals surface area contributed by atoms with Crippen LogP contribution in [0.25, 0.3) is 0 Å². The van der Waals surface area contributed by atoms with Crippen LogP contribution in [0.2, 0.25) is 0 Å². The predicted molar refractivity (Wildman–Crippen MR) is 81.3 cm³/mol. The van der Waals surface area contributed by atoms with Crippen molar-refractivity contribution in [2.45, 2.75) is 0 Å². The first-order valence-electron chi connectivity index (χ1n) is 4.90. The van der Waals surface area contributed by atoms with E-state index in [4.69, 9.17) is 5.73 Å². The summed E-state index contributed by atoms with van der Waals surface area (Å²) in [6.45, 7) is 0. The van der Waals surface area contributed by atoms with Gasteiger partial charge in [0.15, 0.2) is 0 Å². The molecule has 0 atom stereocenters. The van der Waals surface area contributed by atoms with Crippen LogP contribution in [0.1, 0.15) is 10.5 Å². The molecule has 0 saturated heterocycles. The highest BCUT2D eigenvalue weighted by molar-refractivity contribution is 14.1. The number of hydrogen-bond donors (Lipinski definition) is 2. The number of nitrogens with one attached hydrogen (secondary N) is 1. The lowest BCUT2D eigenvalue weighted by atomic mass is 10.3. The SMILES string of the molecule is Nc1cnc(C(=O)Nc2cc(I)ccc2Br)cn1. The summed E-state index contributed by atoms with van der Waals surface area (Å²) in [5.41, 5.74) is 6.31. The summed E-state index contributed by atoms with van der Waals surface area (Å²) in [4.78, 5) is 19.6. The van der Waals surface area contributed by atoms with Crippen molar-refractivity contribution in [3.8, 4) is 0 Å². The third-order valence-electron chi connectivity index (χ3n) is 2.08. The summed E-state index contributed by atoms with van der Waals surface area (Å²) >= 11 is 5.54. The monoisotopic (exact) mass is 418 g/mol. The Hall–Kier alpha value is -1.22. The molecule has 0 aliphatic carbocycles. The number of nitrogens with two attached hydrogens (primary N) is 1. The Bertz CT molecular complexity index is 588. The molecular formula is C11H8BrIN4O. The molecule has 0 saturated carbocycles. The molecule has 92 valence electrons. The summed E-state index contributed by atoms with van der Waals surface area (Å²) < 4.78 is 1.83. The van der Waals surface area contributed by atoms with Gasteiger partial charge in [-0.15, -0.1) is 0 Å². The molecule has 1 aromatic heterocycles. The molecular weight excluding hydrogens is 411 g/mol. The number of nitrogen functional groups attached to an aromatic ring is 1. The zero-order valence-electron chi connectivity index (χ0n) is 9.02. The molecule has 3 N–H and O–H groups in total. The Kier molecular flexibility index (Phi) is 4.12. The van der Waals surface area contributed by atoms with Gasteiger partial charge in [-0.1, -0.05) is 0 Å². The number of aromatic nitrogens is 2. The van der Waals surface area contributed by atoms with Crippen LogP contribution in [0.4, 0.5) is 11.5 Å². The quantitative estimate of drug-likeness (QED) is 0.734. The fraction of sp³-hybridized carbons (Fsp3) is 0. The normalized spacial score (nSPS) is 10.1. The summed E-state index contributed by atoms with van der Waals surface area (Å²) in [6, 6.07) is 5.66. The molecule has 0 spiro atoms. The molecule has 1 amide bonds. The van der Waals surface area contributed by atoms with Gasteiger partial charge in [-0.2, -0.15) is 0 Å². The minimum Gasteiger partial charge on any atom is -0.382 e. The highest BCUT2D eigenvalue weighted by atomic mass is 127. The average Bonchev–Trinajstić information content (AvgIpc) is 2.34. The van der Waals surface area contributed by atoms with Crippen molar-refractivity contribution < 1.29 is 4.79 Å². The van der Waals surface area contributed by atoms with E-state index >= 15 is 0 Å². The van der Waals surface area contributed by atoms with E-state index in [0.717, 1.165) is 8.04 Å². The van der Waals surface area contributed by atoms with E-state index in [0.29, 0.717) is 5.69 Å². The summed E-state index contributed by atoms with van der Waals surface area (Å²) in [5, 5.41) is 2.75. The van der Waals surface area contributed by atoms with Crippen molar-refractivity contribution in [2.75, 3.05) is 11.1 Å². The molecule has 5 nitrogen and oxygen atoms in total. The Labute approximate surface area is 125 Å². The van der Waals surface area contributed by atoms with Crippen molar-refractivity contribution in [3.63, 3.8) is 0 Å². The predicted octanol–water partition coefficient (Wildman–Crippen LogP) is 2.68. The minimum absolute atomic E-state index is 0.218. The van der Waals surface area contributed by atoms with Gasteiger partial charge in [-0.05, 0) is 56.7 Å². The van der Waals surface area contributed by atoms with Gasteiger partial charge in [-0.25, -0.2) is 9.97 Å². The van der Waals surface area contributed by atoms with E-state index in [1.54, 1.807) is 0 Å². The Morgan fingerprint density at radius 2 is 2.11 bits per heavy atom. The molecule has 18 heavy (non-hydrogen) atoms. The van der Waals surface area contributed by atoms with E-state index in [1.807, 2.05) is 18.2 Å². The topological polar surface area (TPSA) is 80.9 Å². The second-order valence-corrected chi connectivity index (χ2v) is 5.50. The number of anilines is 2. The third-order valence-corrected chi connectivity index (χ3v) is 3.44. The minimum atomic E-state index is -0.329. The lowest BCUT2D eigenvalue weighted by molar-refractivity contribution is 0.102. The van der Waals surface area contributed by atoms with Crippen LogP contribution in [0, 0.1) is 3.57 Å². The van der Waals surface area contributed by atoms with E-state index in [1.165, 1.54) is 12.4 Å². The van der Waals surface area contributed by atoms with Crippen molar-refractivity contribution >= 4 is 55.9 Å². The van der Waals surface area contributed by atoms with Gasteiger partial charge >= 0.3 is 0 Å². The Balaban J connectivity index is 2.21. The van der Waals surface area contributed by atoms with Crippen LogP contribution < -0.4 is 11.1 Å². The van der Waals surface area contributed by atoms with Gasteiger partial charge in [-0.3, -0.25) is 4.79 Å². The van der Waals surface area contributed by atoms with Crippen LogP contribution in [0.3, 0.4) is 0 Å². The molecule has 0 unspecified atom stereocenters. The first-order chi connectivity index (χ1) is 8.56. The van der Waals surface area contributed by atoms with Gasteiger partial charge in [0, 0.05) is 8.04 Å². The van der Waals surface area contributed by atoms with Crippen LogP contribution >= 0.6 is 38.5 Å². The number of rotatable bonds is 2. The van der Waals surface area contributed by atoms with Crippen LogP contribution in [-0.2, 0) is 0 Å². The smallest absolute Gasteiger partial charge is 0.275 e. The number of nitrogens with zero attached hydrogens (tertiary/aromatic N) is 2. The molecule has 0 fully saturated rings. The fourth-order valence-electron chi connectivity index (χ4n) is 1.23. The zero-order valence-corrected chi connectivity index (χ0v) is 12.8. The standard InChI is InChI=1S/C11H8BrIN4O/c12-7-2-1-6(13)3-8(7)17-11(18)9-4-16-10(14)5-15-9/h1-5H,(H2,14,16)(H,17,18). The maximum atomic E-state index is 11.9. The third kappa shape index (κ3) is 3.16.